The molecular weight excluding hydrogens is 299 g/mol. The first-order valence-corrected chi connectivity index (χ1v) is 8.16. The fourth-order valence-corrected chi connectivity index (χ4v) is 2.21. The second-order valence-corrected chi connectivity index (χ2v) is 5.98. The largest absolute Gasteiger partial charge is 0.695 e. The molecule has 0 saturated carbocycles. The maximum atomic E-state index is 11.6. The summed E-state index contributed by atoms with van der Waals surface area (Å²) >= 11 is 0. The molecule has 1 heterocycles. The summed E-state index contributed by atoms with van der Waals surface area (Å²) in [5, 5.41) is 5.64. The molecule has 0 spiro atoms. The first kappa shape index (κ1) is 18.3. The molecule has 1 fully saturated rings. The quantitative estimate of drug-likeness (QED) is 0.538. The summed E-state index contributed by atoms with van der Waals surface area (Å²) in [6.45, 7) is 6.32. The van der Waals surface area contributed by atoms with E-state index in [2.05, 4.69) is 24.5 Å². The number of alkyl carbamates (subject to hydrolysis) is 1. The first-order valence-electron chi connectivity index (χ1n) is 7.03. The third-order valence-electron chi connectivity index (χ3n) is 2.80. The summed E-state index contributed by atoms with van der Waals surface area (Å²) in [6.07, 6.45) is -0.704. The van der Waals surface area contributed by atoms with Crippen LogP contribution in [0, 0.1) is 5.92 Å². The molecule has 122 valence electrons. The van der Waals surface area contributed by atoms with Crippen molar-refractivity contribution in [2.24, 2.45) is 5.92 Å². The second kappa shape index (κ2) is 10.0. The van der Waals surface area contributed by atoms with Crippen molar-refractivity contribution in [2.75, 3.05) is 32.8 Å². The Morgan fingerprint density at radius 1 is 1.43 bits per heavy atom. The van der Waals surface area contributed by atoms with Gasteiger partial charge in [-0.3, -0.25) is 0 Å². The summed E-state index contributed by atoms with van der Waals surface area (Å²) in [7, 11) is -2.72. The third kappa shape index (κ3) is 8.95. The molecule has 1 unspecified atom stereocenters. The Labute approximate surface area is 125 Å². The summed E-state index contributed by atoms with van der Waals surface area (Å²) in [4.78, 5) is 20.4. The van der Waals surface area contributed by atoms with Gasteiger partial charge in [0.25, 0.3) is 0 Å². The molecule has 1 aliphatic rings. The highest BCUT2D eigenvalue weighted by molar-refractivity contribution is 7.32. The molecule has 0 aromatic rings. The van der Waals surface area contributed by atoms with Crippen LogP contribution in [0.2, 0.25) is 0 Å². The fourth-order valence-electron chi connectivity index (χ4n) is 1.80. The molecule has 1 rings (SSSR count). The number of rotatable bonds is 9. The Kier molecular flexibility index (Phi) is 8.72. The molecular formula is C12H24N2O6P+. The molecule has 0 aliphatic carbocycles. The van der Waals surface area contributed by atoms with Gasteiger partial charge in [-0.05, 0) is 12.5 Å². The van der Waals surface area contributed by atoms with E-state index in [4.69, 9.17) is 18.9 Å². The Hall–Kier alpha value is -0.790. The van der Waals surface area contributed by atoms with E-state index in [1.165, 1.54) is 0 Å². The van der Waals surface area contributed by atoms with E-state index in [-0.39, 0.29) is 12.6 Å². The van der Waals surface area contributed by atoms with Gasteiger partial charge in [-0.1, -0.05) is 13.8 Å². The zero-order valence-electron chi connectivity index (χ0n) is 12.4. The number of hydrogen-bond acceptors (Lipinski definition) is 6. The second-order valence-electron chi connectivity index (χ2n) is 5.29. The molecule has 9 heteroatoms. The van der Waals surface area contributed by atoms with Crippen LogP contribution in [0.25, 0.3) is 0 Å². The molecule has 1 saturated heterocycles. The lowest BCUT2D eigenvalue weighted by Crippen LogP contribution is -2.40. The summed E-state index contributed by atoms with van der Waals surface area (Å²) < 4.78 is 25.9. The molecule has 21 heavy (non-hydrogen) atoms. The van der Waals surface area contributed by atoms with Crippen LogP contribution in [0.1, 0.15) is 20.3 Å². The topological polar surface area (TPSA) is 106 Å². The predicted octanol–water partition coefficient (Wildman–Crippen LogP) is 0.782. The highest BCUT2D eigenvalue weighted by Gasteiger charge is 2.25. The van der Waals surface area contributed by atoms with E-state index >= 15 is 0 Å². The van der Waals surface area contributed by atoms with Gasteiger partial charge in [0, 0.05) is 17.5 Å². The van der Waals surface area contributed by atoms with Gasteiger partial charge in [-0.25, -0.2) is 4.79 Å². The van der Waals surface area contributed by atoms with Crippen LogP contribution in [0.15, 0.2) is 0 Å². The predicted molar refractivity (Wildman–Crippen MR) is 76.1 cm³/mol. The van der Waals surface area contributed by atoms with Gasteiger partial charge < -0.3 is 20.1 Å². The summed E-state index contributed by atoms with van der Waals surface area (Å²) in [5.74, 6) is 0.453. The zero-order valence-corrected chi connectivity index (χ0v) is 13.3. The molecule has 3 N–H and O–H groups in total. The number of amides is 1. The first-order chi connectivity index (χ1) is 9.97. The normalized spacial score (nSPS) is 20.4. The van der Waals surface area contributed by atoms with E-state index < -0.39 is 20.5 Å². The third-order valence-corrected chi connectivity index (χ3v) is 3.28. The van der Waals surface area contributed by atoms with Gasteiger partial charge in [-0.15, -0.1) is 9.42 Å². The Bertz CT molecular complexity index is 336. The number of carbonyl (C=O) groups excluding carboxylic acids is 1. The van der Waals surface area contributed by atoms with Gasteiger partial charge >= 0.3 is 14.3 Å². The number of ether oxygens (including phenoxy) is 2. The Morgan fingerprint density at radius 3 is 2.76 bits per heavy atom. The van der Waals surface area contributed by atoms with Crippen LogP contribution >= 0.6 is 8.25 Å². The lowest BCUT2D eigenvalue weighted by molar-refractivity contribution is 0.0796. The van der Waals surface area contributed by atoms with E-state index in [0.717, 1.165) is 6.54 Å². The average molecular weight is 323 g/mol. The van der Waals surface area contributed by atoms with Gasteiger partial charge in [0.05, 0.1) is 19.8 Å². The Balaban J connectivity index is 2.26. The van der Waals surface area contributed by atoms with Gasteiger partial charge in [0.2, 0.25) is 0 Å². The van der Waals surface area contributed by atoms with E-state index in [1.807, 2.05) is 0 Å². The summed E-state index contributed by atoms with van der Waals surface area (Å²) in [5.41, 5.74) is 0. The molecule has 8 nitrogen and oxygen atoms in total. The molecule has 1 amide bonds. The van der Waals surface area contributed by atoms with Crippen molar-refractivity contribution in [3.63, 3.8) is 0 Å². The minimum Gasteiger partial charge on any atom is -0.444 e. The fraction of sp³-hybridized carbons (Fsp3) is 0.917. The van der Waals surface area contributed by atoms with Crippen molar-refractivity contribution in [3.05, 3.63) is 0 Å². The highest BCUT2D eigenvalue weighted by atomic mass is 31.1. The number of hydrogen-bond donors (Lipinski definition) is 3. The smallest absolute Gasteiger partial charge is 0.444 e. The van der Waals surface area contributed by atoms with Crippen molar-refractivity contribution < 1.29 is 28.3 Å². The number of nitrogens with one attached hydrogen (secondary N) is 2. The van der Waals surface area contributed by atoms with E-state index in [9.17, 15) is 9.36 Å². The van der Waals surface area contributed by atoms with Gasteiger partial charge in [0.1, 0.15) is 12.2 Å². The molecule has 1 aliphatic heterocycles. The SMILES string of the molecule is CC(C)CNC[C@H](CNC(=O)O[C@H]1CCOC1)O[P+](=O)O. The van der Waals surface area contributed by atoms with E-state index in [0.29, 0.717) is 32.1 Å². The molecule has 0 bridgehead atoms. The lowest BCUT2D eigenvalue weighted by atomic mass is 10.2. The van der Waals surface area contributed by atoms with Crippen LogP contribution in [-0.4, -0.2) is 56.0 Å². The zero-order chi connectivity index (χ0) is 15.7. The van der Waals surface area contributed by atoms with Crippen molar-refractivity contribution in [1.82, 2.24) is 10.6 Å². The summed E-state index contributed by atoms with van der Waals surface area (Å²) in [6, 6.07) is 0. The molecule has 0 aromatic heterocycles. The standard InChI is InChI=1S/C12H23N2O6P/c1-9(2)5-13-6-11(20-21(16)17)7-14-12(15)19-10-3-4-18-8-10/h9-11,13H,3-8H2,1-2H3,(H-,14,15,16,17)/p+1/t10-,11+/m0/s1. The molecule has 0 radical (unpaired) electrons. The van der Waals surface area contributed by atoms with Crippen LogP contribution in [0.3, 0.4) is 0 Å². The van der Waals surface area contributed by atoms with E-state index in [1.54, 1.807) is 0 Å². The van der Waals surface area contributed by atoms with Crippen molar-refractivity contribution in [3.8, 4) is 0 Å². The van der Waals surface area contributed by atoms with Crippen molar-refractivity contribution in [1.29, 1.82) is 0 Å². The average Bonchev–Trinajstić information content (AvgIpc) is 2.87. The Morgan fingerprint density at radius 2 is 2.19 bits per heavy atom. The number of carbonyl (C=O) groups is 1. The maximum Gasteiger partial charge on any atom is 0.695 e. The lowest BCUT2D eigenvalue weighted by Gasteiger charge is -2.15. The van der Waals surface area contributed by atoms with Crippen molar-refractivity contribution in [2.45, 2.75) is 32.5 Å². The van der Waals surface area contributed by atoms with Crippen LogP contribution < -0.4 is 10.6 Å². The minimum absolute atomic E-state index is 0.0964. The maximum absolute atomic E-state index is 11.6. The van der Waals surface area contributed by atoms with Gasteiger partial charge in [0.15, 0.2) is 0 Å². The van der Waals surface area contributed by atoms with Crippen molar-refractivity contribution >= 4 is 14.3 Å². The monoisotopic (exact) mass is 323 g/mol. The minimum atomic E-state index is -2.72. The van der Waals surface area contributed by atoms with Crippen LogP contribution in [-0.2, 0) is 18.6 Å². The van der Waals surface area contributed by atoms with Gasteiger partial charge in [-0.2, -0.15) is 0 Å². The van der Waals surface area contributed by atoms with Crippen LogP contribution in [0.4, 0.5) is 4.79 Å². The highest BCUT2D eigenvalue weighted by Crippen LogP contribution is 2.17. The molecule has 3 atom stereocenters. The molecule has 0 aromatic carbocycles. The van der Waals surface area contributed by atoms with Crippen LogP contribution in [0.5, 0.6) is 0 Å².